The summed E-state index contributed by atoms with van der Waals surface area (Å²) in [6.07, 6.45) is 10.9. The van der Waals surface area contributed by atoms with Crippen molar-refractivity contribution in [2.75, 3.05) is 0 Å². The Labute approximate surface area is 129 Å². The van der Waals surface area contributed by atoms with Gasteiger partial charge in [0.15, 0.2) is 0 Å². The van der Waals surface area contributed by atoms with Crippen LogP contribution < -0.4 is 0 Å². The molecule has 2 aromatic heterocycles. The molecule has 1 N–H and O–H groups in total. The molecule has 3 aromatic rings. The second-order valence-corrected chi connectivity index (χ2v) is 5.65. The van der Waals surface area contributed by atoms with Gasteiger partial charge in [0.25, 0.3) is 0 Å². The van der Waals surface area contributed by atoms with Crippen molar-refractivity contribution in [3.63, 3.8) is 0 Å². The van der Waals surface area contributed by atoms with Crippen molar-refractivity contribution in [3.05, 3.63) is 65.3 Å². The number of phenolic OH excluding ortho intramolecular Hbond substituents is 1. The minimum Gasteiger partial charge on any atom is -0.507 e. The molecule has 5 heteroatoms. The average molecular weight is 296 g/mol. The quantitative estimate of drug-likeness (QED) is 0.805. The Hall–Kier alpha value is -2.56. The smallest absolute Gasteiger partial charge is 0.124 e. The Morgan fingerprint density at radius 1 is 0.818 bits per heavy atom. The predicted octanol–water partition coefficient (Wildman–Crippen LogP) is 2.81. The van der Waals surface area contributed by atoms with Gasteiger partial charge in [-0.1, -0.05) is 0 Å². The maximum absolute atomic E-state index is 10.7. The zero-order valence-electron chi connectivity index (χ0n) is 13.1. The summed E-state index contributed by atoms with van der Waals surface area (Å²) in [5.41, 5.74) is 5.41. The van der Waals surface area contributed by atoms with Crippen LogP contribution in [0.5, 0.6) is 5.75 Å². The minimum atomic E-state index is 0.381. The van der Waals surface area contributed by atoms with Gasteiger partial charge in [-0.15, -0.1) is 0 Å². The molecule has 0 saturated carbocycles. The van der Waals surface area contributed by atoms with Crippen LogP contribution >= 0.6 is 0 Å². The number of nitrogens with zero attached hydrogens (tertiary/aromatic N) is 4. The molecule has 3 rings (SSSR count). The van der Waals surface area contributed by atoms with Crippen LogP contribution in [-0.4, -0.2) is 24.2 Å². The molecule has 114 valence electrons. The lowest BCUT2D eigenvalue weighted by molar-refractivity contribution is 0.459. The number of imidazole rings is 2. The number of hydrogen-bond donors (Lipinski definition) is 1. The molecule has 0 radical (unpaired) electrons. The van der Waals surface area contributed by atoms with Gasteiger partial charge in [0.2, 0.25) is 0 Å². The van der Waals surface area contributed by atoms with E-state index in [1.807, 2.05) is 28.5 Å². The molecule has 0 spiro atoms. The van der Waals surface area contributed by atoms with Gasteiger partial charge in [0, 0.05) is 36.9 Å². The molecular formula is C17H20N4O. The number of aromatic hydroxyl groups is 1. The van der Waals surface area contributed by atoms with Gasteiger partial charge >= 0.3 is 0 Å². The number of phenols is 1. The Bertz CT molecular complexity index is 677. The third-order valence-corrected chi connectivity index (χ3v) is 4.36. The van der Waals surface area contributed by atoms with Crippen molar-refractivity contribution in [2.24, 2.45) is 0 Å². The number of aromatic nitrogens is 4. The third kappa shape index (κ3) is 2.50. The average Bonchev–Trinajstić information content (AvgIpc) is 3.19. The Balaban J connectivity index is 2.04. The van der Waals surface area contributed by atoms with Gasteiger partial charge in [-0.05, 0) is 43.0 Å². The fourth-order valence-electron chi connectivity index (χ4n) is 2.84. The van der Waals surface area contributed by atoms with E-state index in [1.165, 1.54) is 5.56 Å². The molecule has 0 amide bonds. The summed E-state index contributed by atoms with van der Waals surface area (Å²) < 4.78 is 3.99. The number of hydrogen-bond acceptors (Lipinski definition) is 3. The van der Waals surface area contributed by atoms with Crippen LogP contribution in [0.3, 0.4) is 0 Å². The van der Waals surface area contributed by atoms with Crippen molar-refractivity contribution in [2.45, 2.75) is 33.9 Å². The highest BCUT2D eigenvalue weighted by Gasteiger charge is 2.17. The topological polar surface area (TPSA) is 55.9 Å². The van der Waals surface area contributed by atoms with Gasteiger partial charge in [0.1, 0.15) is 5.75 Å². The summed E-state index contributed by atoms with van der Waals surface area (Å²) >= 11 is 0. The molecule has 22 heavy (non-hydrogen) atoms. The van der Waals surface area contributed by atoms with E-state index in [1.54, 1.807) is 25.0 Å². The van der Waals surface area contributed by atoms with E-state index in [2.05, 4.69) is 23.8 Å². The first-order valence-electron chi connectivity index (χ1n) is 7.30. The SMILES string of the molecule is Cc1c(C)c(Cn2ccnc2)c(O)c(C)c1Cn1ccnc1. The molecule has 0 fully saturated rings. The first-order valence-corrected chi connectivity index (χ1v) is 7.30. The van der Waals surface area contributed by atoms with Gasteiger partial charge in [0.05, 0.1) is 19.2 Å². The fraction of sp³-hybridized carbons (Fsp3) is 0.294. The van der Waals surface area contributed by atoms with Crippen molar-refractivity contribution < 1.29 is 5.11 Å². The molecule has 5 nitrogen and oxygen atoms in total. The summed E-state index contributed by atoms with van der Waals surface area (Å²) in [7, 11) is 0. The van der Waals surface area contributed by atoms with E-state index in [0.29, 0.717) is 12.3 Å². The second-order valence-electron chi connectivity index (χ2n) is 5.65. The van der Waals surface area contributed by atoms with Crippen LogP contribution in [0.2, 0.25) is 0 Å². The zero-order chi connectivity index (χ0) is 15.7. The highest BCUT2D eigenvalue weighted by atomic mass is 16.3. The number of benzene rings is 1. The van der Waals surface area contributed by atoms with Crippen molar-refractivity contribution in [3.8, 4) is 5.75 Å². The van der Waals surface area contributed by atoms with E-state index in [9.17, 15) is 5.11 Å². The molecule has 2 heterocycles. The fourth-order valence-corrected chi connectivity index (χ4v) is 2.84. The minimum absolute atomic E-state index is 0.381. The van der Waals surface area contributed by atoms with E-state index in [-0.39, 0.29) is 0 Å². The van der Waals surface area contributed by atoms with Gasteiger partial charge in [-0.25, -0.2) is 9.97 Å². The lowest BCUT2D eigenvalue weighted by Gasteiger charge is -2.20. The second kappa shape index (κ2) is 5.67. The van der Waals surface area contributed by atoms with Crippen LogP contribution in [-0.2, 0) is 13.1 Å². The van der Waals surface area contributed by atoms with Crippen molar-refractivity contribution in [1.82, 2.24) is 19.1 Å². The molecule has 0 aliphatic heterocycles. The summed E-state index contributed by atoms with van der Waals surface area (Å²) in [6, 6.07) is 0. The number of rotatable bonds is 4. The molecular weight excluding hydrogens is 276 g/mol. The Morgan fingerprint density at radius 2 is 1.32 bits per heavy atom. The van der Waals surface area contributed by atoms with Crippen LogP contribution in [0.1, 0.15) is 27.8 Å². The summed E-state index contributed by atoms with van der Waals surface area (Å²) in [5.74, 6) is 0.381. The molecule has 0 bridgehead atoms. The summed E-state index contributed by atoms with van der Waals surface area (Å²) in [6.45, 7) is 7.51. The van der Waals surface area contributed by atoms with Crippen LogP contribution in [0, 0.1) is 20.8 Å². The molecule has 0 aliphatic carbocycles. The highest BCUT2D eigenvalue weighted by Crippen LogP contribution is 2.33. The summed E-state index contributed by atoms with van der Waals surface area (Å²) in [4.78, 5) is 8.14. The van der Waals surface area contributed by atoms with Gasteiger partial charge in [-0.3, -0.25) is 0 Å². The first-order chi connectivity index (χ1) is 10.6. The van der Waals surface area contributed by atoms with E-state index in [4.69, 9.17) is 0 Å². The third-order valence-electron chi connectivity index (χ3n) is 4.36. The Kier molecular flexibility index (Phi) is 3.71. The lowest BCUT2D eigenvalue weighted by Crippen LogP contribution is -2.08. The monoisotopic (exact) mass is 296 g/mol. The molecule has 0 unspecified atom stereocenters. The van der Waals surface area contributed by atoms with Gasteiger partial charge in [-0.2, -0.15) is 0 Å². The summed E-state index contributed by atoms with van der Waals surface area (Å²) in [5, 5.41) is 10.7. The molecule has 0 atom stereocenters. The van der Waals surface area contributed by atoms with E-state index in [0.717, 1.165) is 28.8 Å². The predicted molar refractivity (Wildman–Crippen MR) is 85.0 cm³/mol. The highest BCUT2D eigenvalue weighted by molar-refractivity contribution is 5.54. The molecule has 1 aromatic carbocycles. The van der Waals surface area contributed by atoms with E-state index < -0.39 is 0 Å². The molecule has 0 aliphatic rings. The first kappa shape index (κ1) is 14.4. The molecule has 0 saturated heterocycles. The van der Waals surface area contributed by atoms with Crippen LogP contribution in [0.4, 0.5) is 0 Å². The van der Waals surface area contributed by atoms with Crippen LogP contribution in [0.15, 0.2) is 37.4 Å². The standard InChI is InChI=1S/C17H20N4O/c1-12-13(2)16(9-21-7-5-19-11-21)17(22)14(3)15(12)8-20-6-4-18-10-20/h4-7,10-11,22H,8-9H2,1-3H3. The van der Waals surface area contributed by atoms with Gasteiger partial charge < -0.3 is 14.2 Å². The van der Waals surface area contributed by atoms with Crippen molar-refractivity contribution in [1.29, 1.82) is 0 Å². The van der Waals surface area contributed by atoms with E-state index >= 15 is 0 Å². The maximum atomic E-state index is 10.7. The maximum Gasteiger partial charge on any atom is 0.124 e. The zero-order valence-corrected chi connectivity index (χ0v) is 13.1. The van der Waals surface area contributed by atoms with Crippen LogP contribution in [0.25, 0.3) is 0 Å². The normalized spacial score (nSPS) is 11.0. The van der Waals surface area contributed by atoms with Crippen molar-refractivity contribution >= 4 is 0 Å². The Morgan fingerprint density at radius 3 is 1.82 bits per heavy atom. The lowest BCUT2D eigenvalue weighted by atomic mass is 9.92. The largest absolute Gasteiger partial charge is 0.507 e.